The van der Waals surface area contributed by atoms with Crippen LogP contribution in [0.2, 0.25) is 0 Å². The fourth-order valence-electron chi connectivity index (χ4n) is 3.06. The van der Waals surface area contributed by atoms with Crippen LogP contribution in [0.4, 0.5) is 0 Å². The average Bonchev–Trinajstić information content (AvgIpc) is 2.64. The molecule has 2 rings (SSSR count). The van der Waals surface area contributed by atoms with E-state index in [2.05, 4.69) is 6.92 Å². The van der Waals surface area contributed by atoms with E-state index >= 15 is 0 Å². The molecule has 0 aromatic carbocycles. The largest absolute Gasteiger partial charge is 0.465 e. The minimum Gasteiger partial charge on any atom is -0.465 e. The van der Waals surface area contributed by atoms with Crippen LogP contribution >= 0.6 is 0 Å². The van der Waals surface area contributed by atoms with Gasteiger partial charge in [0.15, 0.2) is 5.78 Å². The Morgan fingerprint density at radius 1 is 1.47 bits per heavy atom. The number of aliphatic hydroxyl groups is 1. The highest BCUT2D eigenvalue weighted by atomic mass is 16.6. The zero-order valence-electron chi connectivity index (χ0n) is 10.6. The van der Waals surface area contributed by atoms with Crippen molar-refractivity contribution in [1.29, 1.82) is 0 Å². The van der Waals surface area contributed by atoms with Crippen molar-refractivity contribution in [3.8, 4) is 0 Å². The molecule has 0 saturated heterocycles. The van der Waals surface area contributed by atoms with Gasteiger partial charge in [-0.05, 0) is 56.3 Å². The number of hydrogen-bond donors (Lipinski definition) is 1. The molecule has 2 aliphatic rings. The van der Waals surface area contributed by atoms with Crippen LogP contribution in [0.1, 0.15) is 33.6 Å². The van der Waals surface area contributed by atoms with Gasteiger partial charge in [0, 0.05) is 5.92 Å². The Labute approximate surface area is 102 Å². The topological polar surface area (TPSA) is 46.5 Å². The number of ketones is 1. The number of fused-ring (bicyclic) bond motifs is 1. The normalized spacial score (nSPS) is 37.2. The molecule has 0 unspecified atom stereocenters. The lowest BCUT2D eigenvalue weighted by atomic mass is 9.83. The molecule has 0 bridgehead atoms. The number of hydrogen-bond acceptors (Lipinski definition) is 3. The maximum Gasteiger partial charge on any atom is 0.201 e. The number of carbonyl (C=O) groups excluding carboxylic acids is 1. The summed E-state index contributed by atoms with van der Waals surface area (Å²) in [6.07, 6.45) is 4.68. The van der Waals surface area contributed by atoms with E-state index in [4.69, 9.17) is 4.74 Å². The van der Waals surface area contributed by atoms with E-state index in [-0.39, 0.29) is 11.7 Å². The summed E-state index contributed by atoms with van der Waals surface area (Å²) < 4.78 is 5.53. The van der Waals surface area contributed by atoms with Gasteiger partial charge in [0.1, 0.15) is 5.76 Å². The summed E-state index contributed by atoms with van der Waals surface area (Å²) in [5.74, 6) is 1.78. The molecule has 1 saturated carbocycles. The first-order chi connectivity index (χ1) is 8.00. The van der Waals surface area contributed by atoms with Crippen LogP contribution in [-0.4, -0.2) is 17.2 Å². The molecule has 1 heterocycles. The van der Waals surface area contributed by atoms with Crippen molar-refractivity contribution < 1.29 is 14.6 Å². The van der Waals surface area contributed by atoms with Crippen molar-refractivity contribution in [3.05, 3.63) is 23.5 Å². The Morgan fingerprint density at radius 2 is 2.18 bits per heavy atom. The predicted molar refractivity (Wildman–Crippen MR) is 65.0 cm³/mol. The molecule has 1 fully saturated rings. The molecular formula is C14H20O3. The fraction of sp³-hybridized carbons (Fsp3) is 0.643. The highest BCUT2D eigenvalue weighted by Gasteiger charge is 2.43. The summed E-state index contributed by atoms with van der Waals surface area (Å²) in [6.45, 7) is 5.72. The Balaban J connectivity index is 2.26. The van der Waals surface area contributed by atoms with E-state index in [1.165, 1.54) is 18.6 Å². The highest BCUT2D eigenvalue weighted by molar-refractivity contribution is 5.87. The van der Waals surface area contributed by atoms with Gasteiger partial charge in [-0.15, -0.1) is 0 Å². The molecule has 1 aliphatic heterocycles. The quantitative estimate of drug-likeness (QED) is 0.749. The van der Waals surface area contributed by atoms with Crippen LogP contribution in [0.3, 0.4) is 0 Å². The van der Waals surface area contributed by atoms with Crippen molar-refractivity contribution in [3.63, 3.8) is 0 Å². The second-order valence-corrected chi connectivity index (χ2v) is 5.24. The SMILES string of the molecule is CC(=O)/C=C/C1=C(C)[C@H]2CC[C@@H](C)[C@H]2[C@@H](O)O1. The molecule has 94 valence electrons. The molecule has 0 radical (unpaired) electrons. The third-order valence-corrected chi connectivity index (χ3v) is 4.05. The lowest BCUT2D eigenvalue weighted by Gasteiger charge is -2.34. The predicted octanol–water partition coefficient (Wildman–Crippen LogP) is 2.42. The summed E-state index contributed by atoms with van der Waals surface area (Å²) in [7, 11) is 0. The lowest BCUT2D eigenvalue weighted by Crippen LogP contribution is -2.35. The molecule has 3 nitrogen and oxygen atoms in total. The number of ether oxygens (including phenoxy) is 1. The third-order valence-electron chi connectivity index (χ3n) is 4.05. The average molecular weight is 236 g/mol. The minimum atomic E-state index is -0.729. The molecule has 0 amide bonds. The summed E-state index contributed by atoms with van der Waals surface area (Å²) in [5, 5.41) is 10.0. The summed E-state index contributed by atoms with van der Waals surface area (Å²) in [4.78, 5) is 10.9. The number of rotatable bonds is 2. The zero-order valence-corrected chi connectivity index (χ0v) is 10.6. The molecule has 3 heteroatoms. The number of aliphatic hydroxyl groups excluding tert-OH is 1. The van der Waals surface area contributed by atoms with Crippen LogP contribution in [0.15, 0.2) is 23.5 Å². The van der Waals surface area contributed by atoms with Gasteiger partial charge in [-0.25, -0.2) is 0 Å². The Morgan fingerprint density at radius 3 is 2.82 bits per heavy atom. The second-order valence-electron chi connectivity index (χ2n) is 5.24. The number of carbonyl (C=O) groups is 1. The van der Waals surface area contributed by atoms with E-state index in [1.54, 1.807) is 6.08 Å². The van der Waals surface area contributed by atoms with Crippen molar-refractivity contribution in [2.24, 2.45) is 17.8 Å². The van der Waals surface area contributed by atoms with Gasteiger partial charge in [-0.3, -0.25) is 4.79 Å². The van der Waals surface area contributed by atoms with Crippen molar-refractivity contribution in [2.45, 2.75) is 39.9 Å². The van der Waals surface area contributed by atoms with E-state index < -0.39 is 6.29 Å². The van der Waals surface area contributed by atoms with E-state index in [1.807, 2.05) is 6.92 Å². The van der Waals surface area contributed by atoms with Gasteiger partial charge in [0.25, 0.3) is 0 Å². The standard InChI is InChI=1S/C14H20O3/c1-8-4-6-11-10(3)12(7-5-9(2)15)17-14(16)13(8)11/h5,7-8,11,13-14,16H,4,6H2,1-3H3/b7-5+/t8-,11-,13-,14+/m1/s1. The second kappa shape index (κ2) is 4.65. The van der Waals surface area contributed by atoms with Gasteiger partial charge in [0.2, 0.25) is 6.29 Å². The first-order valence-electron chi connectivity index (χ1n) is 6.25. The Hall–Kier alpha value is -1.09. The maximum atomic E-state index is 10.9. The lowest BCUT2D eigenvalue weighted by molar-refractivity contribution is -0.130. The summed E-state index contributed by atoms with van der Waals surface area (Å²) in [5.41, 5.74) is 1.17. The Kier molecular flexibility index (Phi) is 3.38. The zero-order chi connectivity index (χ0) is 12.6. The smallest absolute Gasteiger partial charge is 0.201 e. The highest BCUT2D eigenvalue weighted by Crippen LogP contribution is 2.47. The third kappa shape index (κ3) is 2.29. The van der Waals surface area contributed by atoms with Gasteiger partial charge < -0.3 is 9.84 Å². The molecular weight excluding hydrogens is 216 g/mol. The van der Waals surface area contributed by atoms with Gasteiger partial charge in [-0.2, -0.15) is 0 Å². The minimum absolute atomic E-state index is 0.00898. The first kappa shape index (κ1) is 12.4. The Bertz CT molecular complexity index is 381. The molecule has 1 N–H and O–H groups in total. The summed E-state index contributed by atoms with van der Waals surface area (Å²) >= 11 is 0. The van der Waals surface area contributed by atoms with Crippen molar-refractivity contribution in [1.82, 2.24) is 0 Å². The molecule has 0 aromatic rings. The first-order valence-corrected chi connectivity index (χ1v) is 6.25. The molecule has 17 heavy (non-hydrogen) atoms. The number of allylic oxidation sites excluding steroid dienone is 3. The van der Waals surface area contributed by atoms with Gasteiger partial charge in [0.05, 0.1) is 0 Å². The van der Waals surface area contributed by atoms with E-state index in [0.29, 0.717) is 17.6 Å². The molecule has 1 aliphatic carbocycles. The maximum absolute atomic E-state index is 10.9. The summed E-state index contributed by atoms with van der Waals surface area (Å²) in [6, 6.07) is 0. The van der Waals surface area contributed by atoms with E-state index in [9.17, 15) is 9.90 Å². The van der Waals surface area contributed by atoms with Crippen LogP contribution in [0.25, 0.3) is 0 Å². The monoisotopic (exact) mass is 236 g/mol. The molecule has 0 spiro atoms. The van der Waals surface area contributed by atoms with Crippen LogP contribution in [0, 0.1) is 17.8 Å². The molecule has 4 atom stereocenters. The van der Waals surface area contributed by atoms with Crippen LogP contribution in [-0.2, 0) is 9.53 Å². The van der Waals surface area contributed by atoms with Crippen LogP contribution in [0.5, 0.6) is 0 Å². The molecule has 0 aromatic heterocycles. The van der Waals surface area contributed by atoms with Crippen molar-refractivity contribution >= 4 is 5.78 Å². The van der Waals surface area contributed by atoms with Gasteiger partial charge in [-0.1, -0.05) is 6.92 Å². The fourth-order valence-corrected chi connectivity index (χ4v) is 3.06. The van der Waals surface area contributed by atoms with Crippen molar-refractivity contribution in [2.75, 3.05) is 0 Å². The van der Waals surface area contributed by atoms with E-state index in [0.717, 1.165) is 12.8 Å². The van der Waals surface area contributed by atoms with Crippen LogP contribution < -0.4 is 0 Å². The van der Waals surface area contributed by atoms with Gasteiger partial charge >= 0.3 is 0 Å².